The second-order valence-corrected chi connectivity index (χ2v) is 7.64. The summed E-state index contributed by atoms with van der Waals surface area (Å²) in [5.74, 6) is 0.0224. The number of benzene rings is 2. The van der Waals surface area contributed by atoms with Crippen LogP contribution in [0.3, 0.4) is 0 Å². The lowest BCUT2D eigenvalue weighted by atomic mass is 9.91. The van der Waals surface area contributed by atoms with Gasteiger partial charge in [-0.15, -0.1) is 0 Å². The van der Waals surface area contributed by atoms with Gasteiger partial charge >= 0.3 is 0 Å². The van der Waals surface area contributed by atoms with Crippen molar-refractivity contribution in [2.45, 2.75) is 18.8 Å². The molecule has 1 amide bonds. The van der Waals surface area contributed by atoms with Gasteiger partial charge in [0.15, 0.2) is 0 Å². The van der Waals surface area contributed by atoms with E-state index in [-0.39, 0.29) is 11.8 Å². The van der Waals surface area contributed by atoms with Crippen LogP contribution < -0.4 is 10.6 Å². The Balaban J connectivity index is 1.74. The first-order valence-electron chi connectivity index (χ1n) is 9.24. The molecular formula is C21H20Cl2N4O. The maximum atomic E-state index is 13.1. The van der Waals surface area contributed by atoms with Crippen LogP contribution in [0.2, 0.25) is 10.0 Å². The van der Waals surface area contributed by atoms with Gasteiger partial charge in [-0.05, 0) is 56.3 Å². The Hall–Kier alpha value is -2.34. The van der Waals surface area contributed by atoms with Crippen molar-refractivity contribution in [2.24, 2.45) is 0 Å². The lowest BCUT2D eigenvalue weighted by molar-refractivity contribution is 0.102. The number of rotatable bonds is 4. The second kappa shape index (κ2) is 8.35. The summed E-state index contributed by atoms with van der Waals surface area (Å²) < 4.78 is 1.81. The fourth-order valence-electron chi connectivity index (χ4n) is 3.60. The van der Waals surface area contributed by atoms with E-state index in [0.717, 1.165) is 37.3 Å². The lowest BCUT2D eigenvalue weighted by Gasteiger charge is -2.25. The molecule has 0 aliphatic carbocycles. The van der Waals surface area contributed by atoms with E-state index < -0.39 is 0 Å². The Kier molecular flexibility index (Phi) is 5.67. The summed E-state index contributed by atoms with van der Waals surface area (Å²) in [7, 11) is 0. The van der Waals surface area contributed by atoms with Gasteiger partial charge in [-0.25, -0.2) is 4.68 Å². The van der Waals surface area contributed by atoms with Crippen LogP contribution in [0, 0.1) is 0 Å². The molecule has 2 aromatic carbocycles. The Morgan fingerprint density at radius 3 is 2.64 bits per heavy atom. The van der Waals surface area contributed by atoms with Crippen molar-refractivity contribution >= 4 is 34.8 Å². The summed E-state index contributed by atoms with van der Waals surface area (Å²) >= 11 is 12.5. The average molecular weight is 415 g/mol. The van der Waals surface area contributed by atoms with E-state index in [1.807, 2.05) is 35.0 Å². The molecular weight excluding hydrogens is 395 g/mol. The highest BCUT2D eigenvalue weighted by Crippen LogP contribution is 2.32. The van der Waals surface area contributed by atoms with Crippen molar-refractivity contribution in [3.05, 3.63) is 76.0 Å². The monoisotopic (exact) mass is 414 g/mol. The molecule has 0 bridgehead atoms. The molecule has 2 N–H and O–H groups in total. The molecule has 0 unspecified atom stereocenters. The van der Waals surface area contributed by atoms with Gasteiger partial charge in [0.1, 0.15) is 0 Å². The molecule has 0 radical (unpaired) electrons. The Labute approximate surface area is 173 Å². The number of hydrogen-bond acceptors (Lipinski definition) is 3. The predicted molar refractivity (Wildman–Crippen MR) is 113 cm³/mol. The fourth-order valence-corrected chi connectivity index (χ4v) is 4.01. The number of nitrogens with one attached hydrogen (secondary N) is 2. The quantitative estimate of drug-likeness (QED) is 0.638. The molecule has 28 heavy (non-hydrogen) atoms. The third-order valence-electron chi connectivity index (χ3n) is 4.94. The van der Waals surface area contributed by atoms with Gasteiger partial charge in [-0.2, -0.15) is 5.10 Å². The summed E-state index contributed by atoms with van der Waals surface area (Å²) in [4.78, 5) is 13.1. The summed E-state index contributed by atoms with van der Waals surface area (Å²) in [6.07, 6.45) is 3.50. The molecule has 2 heterocycles. The third-order valence-corrected chi connectivity index (χ3v) is 5.49. The number of amides is 1. The SMILES string of the molecule is O=C(Nc1cccc(Cl)c1)c1cnn(-c2ccccc2Cl)c1C1CCNCC1. The Bertz CT molecular complexity index is 996. The van der Waals surface area contributed by atoms with Crippen LogP contribution >= 0.6 is 23.2 Å². The number of halogens is 2. The lowest BCUT2D eigenvalue weighted by Crippen LogP contribution is -2.29. The smallest absolute Gasteiger partial charge is 0.259 e. The number of hydrogen-bond donors (Lipinski definition) is 2. The first kappa shape index (κ1) is 19.0. The van der Waals surface area contributed by atoms with E-state index in [0.29, 0.717) is 21.3 Å². The van der Waals surface area contributed by atoms with Crippen LogP contribution in [-0.4, -0.2) is 28.8 Å². The second-order valence-electron chi connectivity index (χ2n) is 6.80. The number of anilines is 1. The van der Waals surface area contributed by atoms with Crippen LogP contribution in [0.4, 0.5) is 5.69 Å². The molecule has 3 aromatic rings. The van der Waals surface area contributed by atoms with Crippen molar-refractivity contribution in [1.29, 1.82) is 0 Å². The first-order chi connectivity index (χ1) is 13.6. The molecule has 144 valence electrons. The topological polar surface area (TPSA) is 59.0 Å². The maximum Gasteiger partial charge on any atom is 0.259 e. The van der Waals surface area contributed by atoms with Gasteiger partial charge in [-0.3, -0.25) is 4.79 Å². The van der Waals surface area contributed by atoms with Gasteiger partial charge in [0.2, 0.25) is 0 Å². The zero-order chi connectivity index (χ0) is 19.5. The molecule has 1 fully saturated rings. The Morgan fingerprint density at radius 2 is 1.89 bits per heavy atom. The van der Waals surface area contributed by atoms with Crippen molar-refractivity contribution in [3.8, 4) is 5.69 Å². The van der Waals surface area contributed by atoms with E-state index in [1.54, 1.807) is 24.4 Å². The number of carbonyl (C=O) groups excluding carboxylic acids is 1. The van der Waals surface area contributed by atoms with E-state index in [4.69, 9.17) is 23.2 Å². The minimum atomic E-state index is -0.200. The highest BCUT2D eigenvalue weighted by atomic mass is 35.5. The maximum absolute atomic E-state index is 13.1. The van der Waals surface area contributed by atoms with Gasteiger partial charge in [-0.1, -0.05) is 41.4 Å². The van der Waals surface area contributed by atoms with Gasteiger partial charge in [0.05, 0.1) is 28.2 Å². The first-order valence-corrected chi connectivity index (χ1v) is 9.99. The molecule has 1 aliphatic rings. The highest BCUT2D eigenvalue weighted by Gasteiger charge is 2.27. The van der Waals surface area contributed by atoms with Gasteiger partial charge in [0.25, 0.3) is 5.91 Å². The highest BCUT2D eigenvalue weighted by molar-refractivity contribution is 6.32. The number of nitrogens with zero attached hydrogens (tertiary/aromatic N) is 2. The fraction of sp³-hybridized carbons (Fsp3) is 0.238. The van der Waals surface area contributed by atoms with Crippen molar-refractivity contribution < 1.29 is 4.79 Å². The minimum absolute atomic E-state index is 0.200. The molecule has 0 saturated carbocycles. The molecule has 7 heteroatoms. The summed E-state index contributed by atoms with van der Waals surface area (Å²) in [6.45, 7) is 1.82. The summed E-state index contributed by atoms with van der Waals surface area (Å²) in [5, 5.41) is 12.0. The minimum Gasteiger partial charge on any atom is -0.322 e. The van der Waals surface area contributed by atoms with Crippen molar-refractivity contribution in [3.63, 3.8) is 0 Å². The number of para-hydroxylation sites is 1. The number of carbonyl (C=O) groups is 1. The van der Waals surface area contributed by atoms with Crippen LogP contribution in [-0.2, 0) is 0 Å². The van der Waals surface area contributed by atoms with Crippen molar-refractivity contribution in [2.75, 3.05) is 18.4 Å². The van der Waals surface area contributed by atoms with Crippen LogP contribution in [0.1, 0.15) is 34.8 Å². The molecule has 1 saturated heterocycles. The number of piperidine rings is 1. The molecule has 4 rings (SSSR count). The van der Waals surface area contributed by atoms with E-state index in [1.165, 1.54) is 0 Å². The molecule has 1 aliphatic heterocycles. The summed E-state index contributed by atoms with van der Waals surface area (Å²) in [6, 6.07) is 14.7. The van der Waals surface area contributed by atoms with Crippen molar-refractivity contribution in [1.82, 2.24) is 15.1 Å². The normalized spacial score (nSPS) is 14.8. The molecule has 0 spiro atoms. The zero-order valence-electron chi connectivity index (χ0n) is 15.2. The molecule has 0 atom stereocenters. The summed E-state index contributed by atoms with van der Waals surface area (Å²) in [5.41, 5.74) is 2.89. The van der Waals surface area contributed by atoms with Crippen LogP contribution in [0.15, 0.2) is 54.7 Å². The number of aromatic nitrogens is 2. The van der Waals surface area contributed by atoms with Gasteiger partial charge < -0.3 is 10.6 Å². The zero-order valence-corrected chi connectivity index (χ0v) is 16.7. The van der Waals surface area contributed by atoms with Crippen LogP contribution in [0.25, 0.3) is 5.69 Å². The van der Waals surface area contributed by atoms with E-state index in [2.05, 4.69) is 15.7 Å². The largest absolute Gasteiger partial charge is 0.322 e. The average Bonchev–Trinajstić information content (AvgIpc) is 3.14. The van der Waals surface area contributed by atoms with E-state index in [9.17, 15) is 4.79 Å². The predicted octanol–water partition coefficient (Wildman–Crippen LogP) is 4.90. The third kappa shape index (κ3) is 3.92. The standard InChI is InChI=1S/C21H20Cl2N4O/c22-15-4-3-5-16(12-15)26-21(28)17-13-25-27(19-7-2-1-6-18(19)23)20(17)14-8-10-24-11-9-14/h1-7,12-14,24H,8-11H2,(H,26,28). The van der Waals surface area contributed by atoms with Gasteiger partial charge in [0, 0.05) is 16.6 Å². The Morgan fingerprint density at radius 1 is 1.11 bits per heavy atom. The molecule has 5 nitrogen and oxygen atoms in total. The van der Waals surface area contributed by atoms with Crippen LogP contribution in [0.5, 0.6) is 0 Å². The van der Waals surface area contributed by atoms with E-state index >= 15 is 0 Å². The molecule has 1 aromatic heterocycles.